The lowest BCUT2D eigenvalue weighted by Crippen LogP contribution is -2.10. The van der Waals surface area contributed by atoms with Gasteiger partial charge in [-0.25, -0.2) is 0 Å². The van der Waals surface area contributed by atoms with E-state index in [-0.39, 0.29) is 0 Å². The van der Waals surface area contributed by atoms with E-state index < -0.39 is 0 Å². The molecule has 4 heteroatoms. The third-order valence-electron chi connectivity index (χ3n) is 13.3. The Bertz CT molecular complexity index is 3930. The Hall–Kier alpha value is -8.99. The number of fused-ring (bicyclic) bond motifs is 7. The monoisotopic (exact) mass is 854 g/mol. The first-order chi connectivity index (χ1) is 33.2. The van der Waals surface area contributed by atoms with Crippen molar-refractivity contribution in [3.05, 3.63) is 255 Å². The summed E-state index contributed by atoms with van der Waals surface area (Å²) in [4.78, 5) is 7.30. The summed E-state index contributed by atoms with van der Waals surface area (Å²) in [5, 5.41) is 6.01. The number of nitrogens with zero attached hydrogens (tertiary/aromatic N) is 4. The van der Waals surface area contributed by atoms with Gasteiger partial charge in [0, 0.05) is 49.7 Å². The van der Waals surface area contributed by atoms with Crippen LogP contribution in [0.2, 0.25) is 0 Å². The van der Waals surface area contributed by atoms with Crippen LogP contribution in [0.4, 0.5) is 17.1 Å². The molecule has 0 aliphatic rings. The minimum Gasteiger partial charge on any atom is -0.309 e. The Morgan fingerprint density at radius 3 is 1.34 bits per heavy atom. The van der Waals surface area contributed by atoms with E-state index in [9.17, 15) is 0 Å². The van der Waals surface area contributed by atoms with Crippen LogP contribution in [0.5, 0.6) is 0 Å². The number of pyridine rings is 1. The number of para-hydroxylation sites is 6. The molecule has 4 nitrogen and oxygen atoms in total. The van der Waals surface area contributed by atoms with Crippen LogP contribution in [0.15, 0.2) is 255 Å². The van der Waals surface area contributed by atoms with Crippen LogP contribution in [0.3, 0.4) is 0 Å². The van der Waals surface area contributed by atoms with Gasteiger partial charge in [-0.1, -0.05) is 133 Å². The summed E-state index contributed by atoms with van der Waals surface area (Å²) in [6.07, 6.45) is 1.98. The zero-order valence-electron chi connectivity index (χ0n) is 36.5. The first kappa shape index (κ1) is 38.5. The van der Waals surface area contributed by atoms with Gasteiger partial charge < -0.3 is 14.0 Å². The van der Waals surface area contributed by atoms with E-state index in [1.54, 1.807) is 0 Å². The van der Waals surface area contributed by atoms with Gasteiger partial charge in [0.1, 0.15) is 0 Å². The Morgan fingerprint density at radius 2 is 0.731 bits per heavy atom. The summed E-state index contributed by atoms with van der Waals surface area (Å²) >= 11 is 0. The third-order valence-corrected chi connectivity index (χ3v) is 13.3. The maximum Gasteiger partial charge on any atom is 0.0704 e. The van der Waals surface area contributed by atoms with Crippen LogP contribution < -0.4 is 4.90 Å². The molecule has 10 aromatic carbocycles. The molecular weight excluding hydrogens is 813 g/mol. The fourth-order valence-corrected chi connectivity index (χ4v) is 10.2. The average Bonchev–Trinajstić information content (AvgIpc) is 3.92. The van der Waals surface area contributed by atoms with Crippen molar-refractivity contribution in [1.82, 2.24) is 14.1 Å². The molecule has 0 N–H and O–H groups in total. The predicted molar refractivity (Wildman–Crippen MR) is 281 cm³/mol. The Morgan fingerprint density at radius 1 is 0.284 bits per heavy atom. The highest BCUT2D eigenvalue weighted by Gasteiger charge is 2.18. The molecule has 13 rings (SSSR count). The second kappa shape index (κ2) is 15.9. The van der Waals surface area contributed by atoms with E-state index in [4.69, 9.17) is 4.98 Å². The van der Waals surface area contributed by atoms with Gasteiger partial charge in [-0.2, -0.15) is 0 Å². The number of hydrogen-bond donors (Lipinski definition) is 0. The molecule has 0 saturated carbocycles. The van der Waals surface area contributed by atoms with E-state index in [1.807, 2.05) is 6.20 Å². The molecule has 0 saturated heterocycles. The quantitative estimate of drug-likeness (QED) is 0.152. The molecular formula is C63H42N4. The summed E-state index contributed by atoms with van der Waals surface area (Å²) in [5.74, 6) is 0. The van der Waals surface area contributed by atoms with Gasteiger partial charge in [-0.3, -0.25) is 4.98 Å². The zero-order valence-corrected chi connectivity index (χ0v) is 36.5. The first-order valence-corrected chi connectivity index (χ1v) is 22.9. The Balaban J connectivity index is 1.01. The molecule has 67 heavy (non-hydrogen) atoms. The maximum absolute atomic E-state index is 5.03. The largest absolute Gasteiger partial charge is 0.309 e. The molecule has 0 spiro atoms. The van der Waals surface area contributed by atoms with Gasteiger partial charge in [0.25, 0.3) is 0 Å². The molecule has 0 aliphatic carbocycles. The van der Waals surface area contributed by atoms with E-state index >= 15 is 0 Å². The lowest BCUT2D eigenvalue weighted by Gasteiger charge is -2.25. The SMILES string of the molecule is c1ccc(N(c2ccccc2)c2cnc3ccc(-c4cc(-c5ccc6c(c5)c5ccccc5n6-c5ccccc5)cc(-c5ccc6c7ccccc7n(-c7ccccc7)c6c5)c4)cc3c2)cc1. The molecule has 13 aromatic rings. The maximum atomic E-state index is 5.03. The highest BCUT2D eigenvalue weighted by Crippen LogP contribution is 2.41. The fourth-order valence-electron chi connectivity index (χ4n) is 10.2. The fraction of sp³-hybridized carbons (Fsp3) is 0. The Kier molecular flexibility index (Phi) is 9.14. The van der Waals surface area contributed by atoms with E-state index in [1.165, 1.54) is 43.6 Å². The average molecular weight is 855 g/mol. The summed E-state index contributed by atoms with van der Waals surface area (Å²) in [6, 6.07) is 89.9. The number of aromatic nitrogens is 3. The van der Waals surface area contributed by atoms with Crippen molar-refractivity contribution in [2.24, 2.45) is 0 Å². The molecule has 0 fully saturated rings. The normalized spacial score (nSPS) is 11.6. The van der Waals surface area contributed by atoms with Gasteiger partial charge in [0.15, 0.2) is 0 Å². The highest BCUT2D eigenvalue weighted by atomic mass is 15.1. The van der Waals surface area contributed by atoms with Crippen molar-refractivity contribution in [1.29, 1.82) is 0 Å². The van der Waals surface area contributed by atoms with Crippen LogP contribution >= 0.6 is 0 Å². The van der Waals surface area contributed by atoms with E-state index in [0.717, 1.165) is 72.7 Å². The molecule has 314 valence electrons. The first-order valence-electron chi connectivity index (χ1n) is 22.9. The molecule has 0 amide bonds. The van der Waals surface area contributed by atoms with Crippen molar-refractivity contribution in [2.45, 2.75) is 0 Å². The van der Waals surface area contributed by atoms with Crippen molar-refractivity contribution in [2.75, 3.05) is 4.90 Å². The van der Waals surface area contributed by atoms with Crippen LogP contribution in [-0.2, 0) is 0 Å². The van der Waals surface area contributed by atoms with Crippen LogP contribution in [0, 0.1) is 0 Å². The van der Waals surface area contributed by atoms with Crippen molar-refractivity contribution < 1.29 is 0 Å². The number of rotatable bonds is 8. The van der Waals surface area contributed by atoms with Crippen molar-refractivity contribution in [3.8, 4) is 44.8 Å². The molecule has 0 aliphatic heterocycles. The van der Waals surface area contributed by atoms with Crippen LogP contribution in [-0.4, -0.2) is 14.1 Å². The van der Waals surface area contributed by atoms with Gasteiger partial charge in [0.2, 0.25) is 0 Å². The molecule has 0 atom stereocenters. The number of benzene rings is 10. The number of anilines is 3. The molecule has 3 heterocycles. The molecule has 0 radical (unpaired) electrons. The minimum atomic E-state index is 0.949. The Labute approximate surface area is 388 Å². The lowest BCUT2D eigenvalue weighted by atomic mass is 9.92. The molecule has 0 unspecified atom stereocenters. The second-order valence-corrected chi connectivity index (χ2v) is 17.2. The van der Waals surface area contributed by atoms with Gasteiger partial charge in [0.05, 0.1) is 39.5 Å². The van der Waals surface area contributed by atoms with Gasteiger partial charge in [-0.05, 0) is 149 Å². The topological polar surface area (TPSA) is 26.0 Å². The number of hydrogen-bond acceptors (Lipinski definition) is 2. The van der Waals surface area contributed by atoms with E-state index in [2.05, 4.69) is 263 Å². The minimum absolute atomic E-state index is 0.949. The van der Waals surface area contributed by atoms with Crippen molar-refractivity contribution in [3.63, 3.8) is 0 Å². The smallest absolute Gasteiger partial charge is 0.0704 e. The molecule has 3 aromatic heterocycles. The predicted octanol–water partition coefficient (Wildman–Crippen LogP) is 16.9. The van der Waals surface area contributed by atoms with Gasteiger partial charge in [-0.15, -0.1) is 0 Å². The lowest BCUT2D eigenvalue weighted by molar-refractivity contribution is 1.18. The highest BCUT2D eigenvalue weighted by molar-refractivity contribution is 6.12. The summed E-state index contributed by atoms with van der Waals surface area (Å²) in [7, 11) is 0. The van der Waals surface area contributed by atoms with E-state index in [0.29, 0.717) is 0 Å². The third kappa shape index (κ3) is 6.65. The summed E-state index contributed by atoms with van der Waals surface area (Å²) in [6.45, 7) is 0. The van der Waals surface area contributed by atoms with Crippen molar-refractivity contribution >= 4 is 71.6 Å². The van der Waals surface area contributed by atoms with Crippen LogP contribution in [0.1, 0.15) is 0 Å². The molecule has 0 bridgehead atoms. The summed E-state index contributed by atoms with van der Waals surface area (Å²) < 4.78 is 4.78. The second-order valence-electron chi connectivity index (χ2n) is 17.2. The standard InChI is InChI=1S/C63H42N4/c1-5-17-50(18-6-1)65(51-19-7-2-8-20-51)54-39-49-35-43(30-33-59(49)64-42-54)46-36-47(44-31-34-62-58(40-44)56-26-14-16-28-61(56)66(62)52-21-9-3-10-22-52)38-48(37-46)45-29-32-57-55-25-13-15-27-60(55)67(63(57)41-45)53-23-11-4-12-24-53/h1-42H. The van der Waals surface area contributed by atoms with Gasteiger partial charge >= 0.3 is 0 Å². The van der Waals surface area contributed by atoms with Crippen LogP contribution in [0.25, 0.3) is 99.3 Å². The zero-order chi connectivity index (χ0) is 44.3. The summed E-state index contributed by atoms with van der Waals surface area (Å²) in [5.41, 5.74) is 18.0.